The Bertz CT molecular complexity index is 681. The average Bonchev–Trinajstić information content (AvgIpc) is 2.71. The van der Waals surface area contributed by atoms with E-state index in [-0.39, 0.29) is 16.8 Å². The summed E-state index contributed by atoms with van der Waals surface area (Å²) in [5.41, 5.74) is -0.901. The van der Waals surface area contributed by atoms with Crippen LogP contribution in [0.15, 0.2) is 6.07 Å². The molecule has 0 unspecified atom stereocenters. The minimum Gasteiger partial charge on any atom is -0.456 e. The lowest BCUT2D eigenvalue weighted by Crippen LogP contribution is -2.10. The van der Waals surface area contributed by atoms with Gasteiger partial charge in [0.25, 0.3) is 5.95 Å². The second-order valence-electron chi connectivity index (χ2n) is 3.38. The van der Waals surface area contributed by atoms with Crippen LogP contribution >= 0.6 is 34.7 Å². The summed E-state index contributed by atoms with van der Waals surface area (Å²) in [5.74, 6) is -5.92. The van der Waals surface area contributed by atoms with Gasteiger partial charge in [0.2, 0.25) is 5.95 Å². The topological polar surface area (TPSA) is 52.1 Å². The number of halogens is 5. The highest BCUT2D eigenvalue weighted by atomic mass is 35.5. The van der Waals surface area contributed by atoms with Crippen molar-refractivity contribution in [2.75, 3.05) is 0 Å². The van der Waals surface area contributed by atoms with Gasteiger partial charge in [-0.05, 0) is 11.5 Å². The van der Waals surface area contributed by atoms with Gasteiger partial charge in [0.05, 0.1) is 9.90 Å². The Labute approximate surface area is 124 Å². The highest BCUT2D eigenvalue weighted by Gasteiger charge is 2.21. The van der Waals surface area contributed by atoms with Crippen LogP contribution in [0.4, 0.5) is 13.2 Å². The largest absolute Gasteiger partial charge is 0.456 e. The van der Waals surface area contributed by atoms with E-state index in [0.29, 0.717) is 10.9 Å². The standard InChI is InChI=1S/C10H3Cl2F3N2O2S/c11-6-4(20-17-8(6)12)2-19-10(18)3-1-5(13)16-9(15)7(3)14/h1H,2H2. The molecule has 20 heavy (non-hydrogen) atoms. The van der Waals surface area contributed by atoms with Gasteiger partial charge in [-0.25, -0.2) is 9.18 Å². The number of esters is 1. The lowest BCUT2D eigenvalue weighted by atomic mass is 10.2. The molecule has 0 aliphatic heterocycles. The van der Waals surface area contributed by atoms with Crippen LogP contribution < -0.4 is 0 Å². The predicted molar refractivity (Wildman–Crippen MR) is 65.4 cm³/mol. The number of rotatable bonds is 3. The third kappa shape index (κ3) is 3.02. The molecule has 0 N–H and O–H groups in total. The zero-order valence-corrected chi connectivity index (χ0v) is 11.6. The minimum atomic E-state index is -1.73. The Morgan fingerprint density at radius 3 is 2.65 bits per heavy atom. The molecule has 0 atom stereocenters. The first kappa shape index (κ1) is 15.0. The molecule has 106 valence electrons. The monoisotopic (exact) mass is 342 g/mol. The van der Waals surface area contributed by atoms with E-state index in [1.54, 1.807) is 0 Å². The van der Waals surface area contributed by atoms with E-state index in [1.807, 2.05) is 0 Å². The highest BCUT2D eigenvalue weighted by molar-refractivity contribution is 7.06. The summed E-state index contributed by atoms with van der Waals surface area (Å²) in [7, 11) is 0. The fourth-order valence-electron chi connectivity index (χ4n) is 1.21. The molecule has 0 saturated carbocycles. The van der Waals surface area contributed by atoms with Crippen molar-refractivity contribution in [2.24, 2.45) is 0 Å². The molecule has 4 nitrogen and oxygen atoms in total. The molecular weight excluding hydrogens is 340 g/mol. The lowest BCUT2D eigenvalue weighted by molar-refractivity contribution is 0.0469. The molecule has 0 radical (unpaired) electrons. The van der Waals surface area contributed by atoms with Gasteiger partial charge in [0, 0.05) is 6.07 Å². The first-order chi connectivity index (χ1) is 9.40. The van der Waals surface area contributed by atoms with E-state index < -0.39 is 29.2 Å². The molecule has 0 amide bonds. The van der Waals surface area contributed by atoms with Crippen molar-refractivity contribution < 1.29 is 22.7 Å². The van der Waals surface area contributed by atoms with E-state index in [4.69, 9.17) is 23.2 Å². The van der Waals surface area contributed by atoms with E-state index in [0.717, 1.165) is 11.5 Å². The van der Waals surface area contributed by atoms with Crippen molar-refractivity contribution in [3.05, 3.63) is 44.4 Å². The normalized spacial score (nSPS) is 10.7. The molecule has 0 saturated heterocycles. The number of carbonyl (C=O) groups is 1. The molecule has 0 bridgehead atoms. The summed E-state index contributed by atoms with van der Waals surface area (Å²) < 4.78 is 47.3. The Morgan fingerprint density at radius 2 is 2.05 bits per heavy atom. The number of hydrogen-bond acceptors (Lipinski definition) is 5. The predicted octanol–water partition coefficient (Wildman–Crippen LogP) is 3.62. The van der Waals surface area contributed by atoms with Gasteiger partial charge < -0.3 is 4.74 Å². The number of carbonyl (C=O) groups excluding carboxylic acids is 1. The van der Waals surface area contributed by atoms with Gasteiger partial charge in [-0.3, -0.25) is 0 Å². The van der Waals surface area contributed by atoms with Crippen LogP contribution in [0.2, 0.25) is 10.2 Å². The van der Waals surface area contributed by atoms with Crippen molar-refractivity contribution in [1.82, 2.24) is 9.36 Å². The smallest absolute Gasteiger partial charge is 0.341 e. The van der Waals surface area contributed by atoms with Gasteiger partial charge in [0.1, 0.15) is 12.2 Å². The fourth-order valence-corrected chi connectivity index (χ4v) is 2.30. The van der Waals surface area contributed by atoms with Crippen LogP contribution in [0.3, 0.4) is 0 Å². The van der Waals surface area contributed by atoms with Crippen LogP contribution in [-0.4, -0.2) is 15.3 Å². The summed E-state index contributed by atoms with van der Waals surface area (Å²) in [6.07, 6.45) is 0. The molecule has 0 aliphatic rings. The maximum atomic E-state index is 13.3. The first-order valence-corrected chi connectivity index (χ1v) is 6.41. The average molecular weight is 343 g/mol. The quantitative estimate of drug-likeness (QED) is 0.631. The number of ether oxygens (including phenoxy) is 1. The van der Waals surface area contributed by atoms with E-state index in [2.05, 4.69) is 14.1 Å². The highest BCUT2D eigenvalue weighted by Crippen LogP contribution is 2.29. The summed E-state index contributed by atoms with van der Waals surface area (Å²) in [4.78, 5) is 14.5. The molecule has 10 heteroatoms. The van der Waals surface area contributed by atoms with Crippen molar-refractivity contribution in [3.63, 3.8) is 0 Å². The molecule has 0 fully saturated rings. The molecular formula is C10H3Cl2F3N2O2S. The lowest BCUT2D eigenvalue weighted by Gasteiger charge is -2.05. The number of nitrogens with zero attached hydrogens (tertiary/aromatic N) is 2. The molecule has 2 heterocycles. The van der Waals surface area contributed by atoms with Gasteiger partial charge in [-0.15, -0.1) is 0 Å². The zero-order chi connectivity index (χ0) is 14.9. The van der Waals surface area contributed by atoms with Gasteiger partial charge >= 0.3 is 5.97 Å². The van der Waals surface area contributed by atoms with Crippen molar-refractivity contribution in [2.45, 2.75) is 6.61 Å². The summed E-state index contributed by atoms with van der Waals surface area (Å²) in [5, 5.41) is 0.131. The van der Waals surface area contributed by atoms with Crippen LogP contribution in [0, 0.1) is 17.7 Å². The second kappa shape index (κ2) is 5.94. The SMILES string of the molecule is O=C(OCc1snc(Cl)c1Cl)c1cc(F)nc(F)c1F. The van der Waals surface area contributed by atoms with Crippen molar-refractivity contribution in [3.8, 4) is 0 Å². The van der Waals surface area contributed by atoms with E-state index in [9.17, 15) is 18.0 Å². The van der Waals surface area contributed by atoms with E-state index >= 15 is 0 Å². The summed E-state index contributed by atoms with van der Waals surface area (Å²) >= 11 is 12.2. The Balaban J connectivity index is 2.15. The molecule has 0 aromatic carbocycles. The maximum Gasteiger partial charge on any atom is 0.341 e. The van der Waals surface area contributed by atoms with Crippen LogP contribution in [0.1, 0.15) is 15.2 Å². The van der Waals surface area contributed by atoms with Crippen LogP contribution in [0.5, 0.6) is 0 Å². The third-order valence-electron chi connectivity index (χ3n) is 2.10. The molecule has 0 spiro atoms. The van der Waals surface area contributed by atoms with Gasteiger partial charge in [-0.2, -0.15) is 18.1 Å². The molecule has 2 aromatic rings. The first-order valence-electron chi connectivity index (χ1n) is 4.88. The summed E-state index contributed by atoms with van der Waals surface area (Å²) in [6, 6.07) is 0.433. The van der Waals surface area contributed by atoms with Crippen molar-refractivity contribution in [1.29, 1.82) is 0 Å². The Kier molecular flexibility index (Phi) is 4.46. The van der Waals surface area contributed by atoms with E-state index in [1.165, 1.54) is 0 Å². The number of hydrogen-bond donors (Lipinski definition) is 0. The molecule has 0 aliphatic carbocycles. The maximum absolute atomic E-state index is 13.3. The number of pyridine rings is 1. The van der Waals surface area contributed by atoms with Crippen LogP contribution in [0.25, 0.3) is 0 Å². The molecule has 2 rings (SSSR count). The van der Waals surface area contributed by atoms with Gasteiger partial charge in [-0.1, -0.05) is 23.2 Å². The Morgan fingerprint density at radius 1 is 1.35 bits per heavy atom. The second-order valence-corrected chi connectivity index (χ2v) is 4.98. The minimum absolute atomic E-state index is 0.0369. The summed E-state index contributed by atoms with van der Waals surface area (Å²) in [6.45, 7) is -0.354. The zero-order valence-electron chi connectivity index (χ0n) is 9.29. The fraction of sp³-hybridized carbons (Fsp3) is 0.100. The van der Waals surface area contributed by atoms with Crippen molar-refractivity contribution >= 4 is 40.7 Å². The Hall–Kier alpha value is -1.38. The number of aromatic nitrogens is 2. The third-order valence-corrected chi connectivity index (χ3v) is 3.91. The van der Waals surface area contributed by atoms with Crippen LogP contribution in [-0.2, 0) is 11.3 Å². The van der Waals surface area contributed by atoms with Gasteiger partial charge in [0.15, 0.2) is 11.0 Å². The molecule has 2 aromatic heterocycles.